The first-order chi connectivity index (χ1) is 12.9. The molecule has 1 unspecified atom stereocenters. The molecule has 2 aromatic carbocycles. The van der Waals surface area contributed by atoms with Crippen molar-refractivity contribution in [1.29, 1.82) is 0 Å². The largest absolute Gasteiger partial charge is 0.467 e. The topological polar surface area (TPSA) is 35.5 Å². The maximum absolute atomic E-state index is 12.6. The van der Waals surface area contributed by atoms with E-state index in [0.717, 1.165) is 12.8 Å². The van der Waals surface area contributed by atoms with Crippen molar-refractivity contribution in [2.75, 3.05) is 7.11 Å². The number of unbranched alkanes of at least 4 members (excludes halogenated alkanes) is 1. The third-order valence-corrected chi connectivity index (χ3v) is 10.1. The van der Waals surface area contributed by atoms with Crippen molar-refractivity contribution in [3.63, 3.8) is 0 Å². The first-order valence-electron chi connectivity index (χ1n) is 9.73. The zero-order valence-corrected chi connectivity index (χ0v) is 18.2. The number of carbonyl (C=O) groups is 1. The molecule has 0 bridgehead atoms. The van der Waals surface area contributed by atoms with Crippen molar-refractivity contribution in [2.24, 2.45) is 0 Å². The van der Waals surface area contributed by atoms with Gasteiger partial charge in [0.25, 0.3) is 8.32 Å². The normalized spacial score (nSPS) is 13.2. The number of hydrogen-bond donors (Lipinski definition) is 0. The quantitative estimate of drug-likeness (QED) is 0.503. The molecule has 3 nitrogen and oxygen atoms in total. The van der Waals surface area contributed by atoms with Gasteiger partial charge in [0.15, 0.2) is 0 Å². The predicted octanol–water partition coefficient (Wildman–Crippen LogP) is 4.29. The molecule has 1 atom stereocenters. The zero-order valence-electron chi connectivity index (χ0n) is 17.2. The summed E-state index contributed by atoms with van der Waals surface area (Å²) in [5.41, 5.74) is 0. The van der Waals surface area contributed by atoms with Crippen LogP contribution in [0.5, 0.6) is 0 Å². The van der Waals surface area contributed by atoms with E-state index in [0.29, 0.717) is 6.42 Å². The molecule has 0 fully saturated rings. The van der Waals surface area contributed by atoms with Crippen molar-refractivity contribution < 1.29 is 14.0 Å². The molecule has 0 amide bonds. The predicted molar refractivity (Wildman–Crippen MR) is 114 cm³/mol. The fraction of sp³-hybridized carbons (Fsp3) is 0.435. The van der Waals surface area contributed by atoms with Crippen LogP contribution < -0.4 is 10.4 Å². The second-order valence-corrected chi connectivity index (χ2v) is 12.2. The highest BCUT2D eigenvalue weighted by Crippen LogP contribution is 2.38. The lowest BCUT2D eigenvalue weighted by atomic mass is 10.2. The van der Waals surface area contributed by atoms with Crippen LogP contribution >= 0.6 is 0 Å². The highest BCUT2D eigenvalue weighted by molar-refractivity contribution is 6.99. The van der Waals surface area contributed by atoms with Crippen molar-refractivity contribution in [3.05, 3.63) is 60.7 Å². The minimum absolute atomic E-state index is 0.159. The van der Waals surface area contributed by atoms with Gasteiger partial charge in [-0.1, -0.05) is 101 Å². The molecule has 2 aromatic rings. The maximum Gasteiger partial charge on any atom is 0.333 e. The van der Waals surface area contributed by atoms with Crippen molar-refractivity contribution in [3.8, 4) is 0 Å². The Morgan fingerprint density at radius 1 is 0.963 bits per heavy atom. The Bertz CT molecular complexity index is 668. The summed E-state index contributed by atoms with van der Waals surface area (Å²) in [4.78, 5) is 12.6. The average Bonchev–Trinajstić information content (AvgIpc) is 2.68. The Balaban J connectivity index is 2.65. The van der Waals surface area contributed by atoms with Gasteiger partial charge >= 0.3 is 5.97 Å². The molecule has 0 saturated heterocycles. The number of carbonyl (C=O) groups excluding carboxylic acids is 1. The lowest BCUT2D eigenvalue weighted by molar-refractivity contribution is -0.149. The van der Waals surface area contributed by atoms with Crippen LogP contribution in [0.4, 0.5) is 0 Å². The summed E-state index contributed by atoms with van der Waals surface area (Å²) in [5.74, 6) is -0.281. The van der Waals surface area contributed by atoms with Gasteiger partial charge in [-0.25, -0.2) is 4.79 Å². The molecule has 0 N–H and O–H groups in total. The Morgan fingerprint density at radius 2 is 1.44 bits per heavy atom. The molecule has 0 radical (unpaired) electrons. The highest BCUT2D eigenvalue weighted by atomic mass is 28.4. The molecule has 4 heteroatoms. The summed E-state index contributed by atoms with van der Waals surface area (Å²) in [6.45, 7) is 8.77. The van der Waals surface area contributed by atoms with Crippen LogP contribution in [-0.4, -0.2) is 27.5 Å². The standard InChI is InChI=1S/C23H32O3Si/c1-6-7-18-21(22(24)25-5)26-27(23(2,3)4,19-14-10-8-11-15-19)20-16-12-9-13-17-20/h8-17,21H,6-7,18H2,1-5H3. The van der Waals surface area contributed by atoms with Crippen molar-refractivity contribution in [2.45, 2.75) is 58.1 Å². The summed E-state index contributed by atoms with van der Waals surface area (Å²) in [6.07, 6.45) is 2.06. The van der Waals surface area contributed by atoms with Gasteiger partial charge in [0.05, 0.1) is 7.11 Å². The van der Waals surface area contributed by atoms with Crippen molar-refractivity contribution in [1.82, 2.24) is 0 Å². The molecule has 0 aromatic heterocycles. The first kappa shape index (κ1) is 21.4. The maximum atomic E-state index is 12.6. The molecule has 0 spiro atoms. The second kappa shape index (κ2) is 9.33. The summed E-state index contributed by atoms with van der Waals surface area (Å²) >= 11 is 0. The summed E-state index contributed by atoms with van der Waals surface area (Å²) in [5, 5.41) is 2.19. The molecule has 27 heavy (non-hydrogen) atoms. The first-order valence-corrected chi connectivity index (χ1v) is 11.6. The van der Waals surface area contributed by atoms with E-state index in [4.69, 9.17) is 9.16 Å². The van der Waals surface area contributed by atoms with E-state index in [1.54, 1.807) is 0 Å². The van der Waals surface area contributed by atoms with Gasteiger partial charge in [0, 0.05) is 0 Å². The summed E-state index contributed by atoms with van der Waals surface area (Å²) < 4.78 is 12.0. The van der Waals surface area contributed by atoms with Gasteiger partial charge < -0.3 is 9.16 Å². The number of rotatable bonds is 8. The molecule has 146 valence electrons. The van der Waals surface area contributed by atoms with E-state index in [1.165, 1.54) is 17.5 Å². The molecular formula is C23H32O3Si. The fourth-order valence-electron chi connectivity index (χ4n) is 3.65. The number of esters is 1. The van der Waals surface area contributed by atoms with E-state index in [-0.39, 0.29) is 11.0 Å². The van der Waals surface area contributed by atoms with Gasteiger partial charge in [-0.15, -0.1) is 0 Å². The van der Waals surface area contributed by atoms with Crippen LogP contribution in [-0.2, 0) is 14.0 Å². The molecule has 0 heterocycles. The van der Waals surface area contributed by atoms with Crippen LogP contribution in [0.3, 0.4) is 0 Å². The Morgan fingerprint density at radius 3 is 1.81 bits per heavy atom. The Kier molecular flexibility index (Phi) is 7.39. The van der Waals surface area contributed by atoms with Gasteiger partial charge in [-0.3, -0.25) is 0 Å². The van der Waals surface area contributed by atoms with E-state index < -0.39 is 14.4 Å². The number of hydrogen-bond acceptors (Lipinski definition) is 3. The third-order valence-electron chi connectivity index (χ3n) is 5.02. The Labute approximate surface area is 164 Å². The van der Waals surface area contributed by atoms with E-state index in [9.17, 15) is 4.79 Å². The lowest BCUT2D eigenvalue weighted by Gasteiger charge is -2.44. The van der Waals surface area contributed by atoms with Gasteiger partial charge in [0.2, 0.25) is 0 Å². The molecule has 2 rings (SSSR count). The minimum atomic E-state index is -2.74. The molecule has 0 aliphatic heterocycles. The van der Waals surface area contributed by atoms with E-state index >= 15 is 0 Å². The van der Waals surface area contributed by atoms with Gasteiger partial charge in [-0.2, -0.15) is 0 Å². The van der Waals surface area contributed by atoms with E-state index in [1.807, 2.05) is 36.4 Å². The number of ether oxygens (including phenoxy) is 1. The van der Waals surface area contributed by atoms with Crippen LogP contribution in [0.2, 0.25) is 5.04 Å². The van der Waals surface area contributed by atoms with Gasteiger partial charge in [-0.05, 0) is 21.8 Å². The van der Waals surface area contributed by atoms with Crippen LogP contribution in [0.1, 0.15) is 47.0 Å². The SMILES string of the molecule is CCCCC(O[Si](c1ccccc1)(c1ccccc1)C(C)(C)C)C(=O)OC. The summed E-state index contributed by atoms with van der Waals surface area (Å²) in [7, 11) is -1.30. The molecule has 0 saturated carbocycles. The smallest absolute Gasteiger partial charge is 0.333 e. The molecule has 0 aliphatic rings. The Hall–Kier alpha value is -1.91. The summed E-state index contributed by atoms with van der Waals surface area (Å²) in [6, 6.07) is 20.8. The van der Waals surface area contributed by atoms with Crippen LogP contribution in [0.15, 0.2) is 60.7 Å². The molecular weight excluding hydrogens is 352 g/mol. The monoisotopic (exact) mass is 384 g/mol. The van der Waals surface area contributed by atoms with Crippen LogP contribution in [0, 0.1) is 0 Å². The zero-order chi connectivity index (χ0) is 19.9. The fourth-order valence-corrected chi connectivity index (χ4v) is 8.31. The number of methoxy groups -OCH3 is 1. The van der Waals surface area contributed by atoms with Crippen LogP contribution in [0.25, 0.3) is 0 Å². The minimum Gasteiger partial charge on any atom is -0.467 e. The number of benzene rings is 2. The highest BCUT2D eigenvalue weighted by Gasteiger charge is 2.52. The van der Waals surface area contributed by atoms with E-state index in [2.05, 4.69) is 52.0 Å². The van der Waals surface area contributed by atoms with Gasteiger partial charge in [0.1, 0.15) is 6.10 Å². The lowest BCUT2D eigenvalue weighted by Crippen LogP contribution is -2.68. The second-order valence-electron chi connectivity index (χ2n) is 7.94. The van der Waals surface area contributed by atoms with Crippen molar-refractivity contribution >= 4 is 24.7 Å². The molecule has 0 aliphatic carbocycles. The third kappa shape index (κ3) is 4.68. The average molecular weight is 385 g/mol.